The maximum atomic E-state index is 12.0. The van der Waals surface area contributed by atoms with E-state index < -0.39 is 11.7 Å². The fourth-order valence-corrected chi connectivity index (χ4v) is 2.16. The molecular weight excluding hydrogens is 298 g/mol. The molecule has 4 nitrogen and oxygen atoms in total. The second kappa shape index (κ2) is 4.39. The van der Waals surface area contributed by atoms with Crippen LogP contribution < -0.4 is 0 Å². The Morgan fingerprint density at radius 2 is 2.06 bits per heavy atom. The van der Waals surface area contributed by atoms with E-state index in [1.54, 1.807) is 32.9 Å². The topological polar surface area (TPSA) is 46.6 Å². The number of benzene rings is 1. The van der Waals surface area contributed by atoms with Crippen molar-refractivity contribution in [2.24, 2.45) is 0 Å². The van der Waals surface area contributed by atoms with E-state index in [1.807, 2.05) is 6.07 Å². The summed E-state index contributed by atoms with van der Waals surface area (Å²) in [5.41, 5.74) is 0.788. The van der Waals surface area contributed by atoms with E-state index in [0.29, 0.717) is 5.56 Å². The lowest BCUT2D eigenvalue weighted by Gasteiger charge is -2.23. The monoisotopic (exact) mass is 311 g/mol. The first kappa shape index (κ1) is 13.1. The van der Waals surface area contributed by atoms with Gasteiger partial charge in [-0.3, -0.25) is 4.79 Å². The number of ether oxygens (including phenoxy) is 1. The first-order chi connectivity index (χ1) is 8.28. The van der Waals surface area contributed by atoms with Gasteiger partial charge in [-0.05, 0) is 44.5 Å². The van der Waals surface area contributed by atoms with Gasteiger partial charge in [0.25, 0.3) is 5.91 Å². The number of carbonyl (C=O) groups excluding carboxylic acids is 2. The summed E-state index contributed by atoms with van der Waals surface area (Å²) in [4.78, 5) is 25.1. The molecule has 0 unspecified atom stereocenters. The smallest absolute Gasteiger partial charge is 0.417 e. The molecule has 0 saturated heterocycles. The van der Waals surface area contributed by atoms with Gasteiger partial charge < -0.3 is 4.74 Å². The molecule has 0 aliphatic carbocycles. The lowest BCUT2D eigenvalue weighted by atomic mass is 10.1. The number of nitrogens with zero attached hydrogens (tertiary/aromatic N) is 1. The molecule has 5 heteroatoms. The Labute approximate surface area is 114 Å². The highest BCUT2D eigenvalue weighted by Gasteiger charge is 2.34. The van der Waals surface area contributed by atoms with E-state index in [9.17, 15) is 9.59 Å². The molecule has 18 heavy (non-hydrogen) atoms. The van der Waals surface area contributed by atoms with E-state index in [4.69, 9.17) is 4.74 Å². The number of imide groups is 1. The Kier molecular flexibility index (Phi) is 3.19. The maximum Gasteiger partial charge on any atom is 0.417 e. The van der Waals surface area contributed by atoms with Crippen LogP contribution in [0.1, 0.15) is 36.7 Å². The molecule has 0 bridgehead atoms. The summed E-state index contributed by atoms with van der Waals surface area (Å²) in [5.74, 6) is -0.299. The van der Waals surface area contributed by atoms with Gasteiger partial charge in [0.2, 0.25) is 0 Å². The van der Waals surface area contributed by atoms with Gasteiger partial charge in [0.15, 0.2) is 0 Å². The lowest BCUT2D eigenvalue weighted by Crippen LogP contribution is -2.36. The Balaban J connectivity index is 2.21. The molecule has 0 atom stereocenters. The van der Waals surface area contributed by atoms with E-state index in [-0.39, 0.29) is 12.5 Å². The van der Waals surface area contributed by atoms with Crippen molar-refractivity contribution >= 4 is 27.9 Å². The van der Waals surface area contributed by atoms with Gasteiger partial charge in [0.1, 0.15) is 5.60 Å². The average Bonchev–Trinajstić information content (AvgIpc) is 2.53. The van der Waals surface area contributed by atoms with Gasteiger partial charge in [-0.2, -0.15) is 0 Å². The van der Waals surface area contributed by atoms with Gasteiger partial charge in [-0.1, -0.05) is 15.9 Å². The zero-order chi connectivity index (χ0) is 13.5. The summed E-state index contributed by atoms with van der Waals surface area (Å²) in [6.07, 6.45) is -0.597. The predicted octanol–water partition coefficient (Wildman–Crippen LogP) is 3.34. The fraction of sp³-hybridized carbons (Fsp3) is 0.385. The first-order valence-corrected chi connectivity index (χ1v) is 6.40. The van der Waals surface area contributed by atoms with Crippen LogP contribution in [-0.2, 0) is 11.3 Å². The Morgan fingerprint density at radius 3 is 2.67 bits per heavy atom. The van der Waals surface area contributed by atoms with Gasteiger partial charge in [-0.25, -0.2) is 9.69 Å². The number of carbonyl (C=O) groups is 2. The third-order valence-corrected chi connectivity index (χ3v) is 2.98. The third-order valence-electron chi connectivity index (χ3n) is 2.49. The van der Waals surface area contributed by atoms with Crippen LogP contribution in [0, 0.1) is 0 Å². The zero-order valence-corrected chi connectivity index (χ0v) is 12.1. The summed E-state index contributed by atoms with van der Waals surface area (Å²) < 4.78 is 6.10. The van der Waals surface area contributed by atoms with Crippen LogP contribution in [0.5, 0.6) is 0 Å². The van der Waals surface area contributed by atoms with Crippen molar-refractivity contribution in [2.45, 2.75) is 32.9 Å². The van der Waals surface area contributed by atoms with Crippen LogP contribution in [-0.4, -0.2) is 22.5 Å². The van der Waals surface area contributed by atoms with Crippen molar-refractivity contribution in [2.75, 3.05) is 0 Å². The molecule has 0 aromatic heterocycles. The van der Waals surface area contributed by atoms with Crippen molar-refractivity contribution < 1.29 is 14.3 Å². The Hall–Kier alpha value is -1.36. The van der Waals surface area contributed by atoms with Crippen LogP contribution >= 0.6 is 15.9 Å². The minimum absolute atomic E-state index is 0.266. The summed E-state index contributed by atoms with van der Waals surface area (Å²) in [7, 11) is 0. The number of halogens is 1. The van der Waals surface area contributed by atoms with E-state index in [1.165, 1.54) is 0 Å². The number of fused-ring (bicyclic) bond motifs is 1. The van der Waals surface area contributed by atoms with Crippen LogP contribution in [0.2, 0.25) is 0 Å². The molecule has 2 rings (SSSR count). The summed E-state index contributed by atoms with van der Waals surface area (Å²) in [5, 5.41) is 0. The summed E-state index contributed by atoms with van der Waals surface area (Å²) >= 11 is 3.34. The minimum atomic E-state index is -0.604. The van der Waals surface area contributed by atoms with Crippen molar-refractivity contribution in [1.29, 1.82) is 0 Å². The Bertz CT molecular complexity index is 519. The second-order valence-corrected chi connectivity index (χ2v) is 6.09. The molecule has 0 fully saturated rings. The SMILES string of the molecule is CC(C)(C)OC(=O)N1Cc2cc(Br)ccc2C1=O. The summed E-state index contributed by atoms with van der Waals surface area (Å²) in [6.45, 7) is 5.59. The lowest BCUT2D eigenvalue weighted by molar-refractivity contribution is 0.0248. The minimum Gasteiger partial charge on any atom is -0.443 e. The number of rotatable bonds is 0. The molecule has 1 aliphatic heterocycles. The quantitative estimate of drug-likeness (QED) is 0.738. The van der Waals surface area contributed by atoms with Crippen molar-refractivity contribution in [1.82, 2.24) is 4.90 Å². The highest BCUT2D eigenvalue weighted by atomic mass is 79.9. The van der Waals surface area contributed by atoms with Crippen LogP contribution in [0.4, 0.5) is 4.79 Å². The third kappa shape index (κ3) is 2.56. The van der Waals surface area contributed by atoms with E-state index >= 15 is 0 Å². The molecule has 0 spiro atoms. The zero-order valence-electron chi connectivity index (χ0n) is 10.5. The van der Waals surface area contributed by atoms with Gasteiger partial charge in [-0.15, -0.1) is 0 Å². The van der Waals surface area contributed by atoms with E-state index in [0.717, 1.165) is 14.9 Å². The van der Waals surface area contributed by atoms with Gasteiger partial charge in [0.05, 0.1) is 6.54 Å². The molecular formula is C13H14BrNO3. The standard InChI is InChI=1S/C13H14BrNO3/c1-13(2,3)18-12(17)15-7-8-6-9(14)4-5-10(8)11(15)16/h4-6H,7H2,1-3H3. The average molecular weight is 312 g/mol. The van der Waals surface area contributed by atoms with Gasteiger partial charge >= 0.3 is 6.09 Å². The normalized spacial score (nSPS) is 14.7. The fourth-order valence-electron chi connectivity index (χ4n) is 1.75. The van der Waals surface area contributed by atoms with Crippen molar-refractivity contribution in [3.63, 3.8) is 0 Å². The molecule has 1 aromatic rings. The molecule has 2 amide bonds. The van der Waals surface area contributed by atoms with E-state index in [2.05, 4.69) is 15.9 Å². The Morgan fingerprint density at radius 1 is 1.39 bits per heavy atom. The molecule has 0 radical (unpaired) electrons. The largest absolute Gasteiger partial charge is 0.443 e. The van der Waals surface area contributed by atoms with Crippen LogP contribution in [0.15, 0.2) is 22.7 Å². The number of hydrogen-bond donors (Lipinski definition) is 0. The molecule has 1 heterocycles. The first-order valence-electron chi connectivity index (χ1n) is 5.61. The molecule has 0 saturated carbocycles. The molecule has 96 valence electrons. The second-order valence-electron chi connectivity index (χ2n) is 5.17. The number of hydrogen-bond acceptors (Lipinski definition) is 3. The molecule has 0 N–H and O–H groups in total. The predicted molar refractivity (Wildman–Crippen MR) is 70.2 cm³/mol. The van der Waals surface area contributed by atoms with Crippen LogP contribution in [0.25, 0.3) is 0 Å². The van der Waals surface area contributed by atoms with Crippen LogP contribution in [0.3, 0.4) is 0 Å². The van der Waals surface area contributed by atoms with Crippen molar-refractivity contribution in [3.05, 3.63) is 33.8 Å². The molecule has 1 aromatic carbocycles. The highest BCUT2D eigenvalue weighted by molar-refractivity contribution is 9.10. The van der Waals surface area contributed by atoms with Gasteiger partial charge in [0, 0.05) is 10.0 Å². The molecule has 1 aliphatic rings. The maximum absolute atomic E-state index is 12.0. The highest BCUT2D eigenvalue weighted by Crippen LogP contribution is 2.27. The van der Waals surface area contributed by atoms with Crippen molar-refractivity contribution in [3.8, 4) is 0 Å². The summed E-state index contributed by atoms with van der Waals surface area (Å²) in [6, 6.07) is 5.35. The number of amides is 2.